The summed E-state index contributed by atoms with van der Waals surface area (Å²) >= 11 is 5.75. The number of hydrogen-bond acceptors (Lipinski definition) is 2. The second-order valence-electron chi connectivity index (χ2n) is 2.55. The molecule has 0 saturated carbocycles. The maximum Gasteiger partial charge on any atom is 0.125 e. The monoisotopic (exact) mass is 194 g/mol. The third-order valence-electron chi connectivity index (χ3n) is 1.59. The van der Waals surface area contributed by atoms with Crippen molar-refractivity contribution in [2.24, 2.45) is 0 Å². The average molecular weight is 195 g/mol. The molecule has 0 saturated heterocycles. The molecule has 5 heteroatoms. The SMILES string of the molecule is N=c1cc(-n2cccn2)cc(Cl)[nH]1. The van der Waals surface area contributed by atoms with Gasteiger partial charge >= 0.3 is 0 Å². The van der Waals surface area contributed by atoms with E-state index in [1.54, 1.807) is 29.2 Å². The standard InChI is InChI=1S/C8H7ClN4/c9-7-4-6(5-8(10)12-7)13-3-1-2-11-13/h1-5H,(H2,10,12). The topological polar surface area (TPSA) is 57.5 Å². The van der Waals surface area contributed by atoms with Crippen molar-refractivity contribution in [1.82, 2.24) is 14.8 Å². The van der Waals surface area contributed by atoms with Crippen LogP contribution in [0.1, 0.15) is 0 Å². The van der Waals surface area contributed by atoms with Crippen LogP contribution in [-0.2, 0) is 0 Å². The normalized spacial score (nSPS) is 10.2. The van der Waals surface area contributed by atoms with Gasteiger partial charge in [0.05, 0.1) is 5.69 Å². The smallest absolute Gasteiger partial charge is 0.125 e. The first-order chi connectivity index (χ1) is 6.25. The lowest BCUT2D eigenvalue weighted by Crippen LogP contribution is -2.07. The average Bonchev–Trinajstić information content (AvgIpc) is 2.53. The lowest BCUT2D eigenvalue weighted by molar-refractivity contribution is 0.871. The van der Waals surface area contributed by atoms with Gasteiger partial charge in [0.15, 0.2) is 0 Å². The fourth-order valence-corrected chi connectivity index (χ4v) is 1.29. The first-order valence-corrected chi connectivity index (χ1v) is 4.08. The first kappa shape index (κ1) is 8.07. The zero-order valence-electron chi connectivity index (χ0n) is 6.66. The molecule has 2 aromatic heterocycles. The van der Waals surface area contributed by atoms with Crippen LogP contribution in [0, 0.1) is 5.41 Å². The van der Waals surface area contributed by atoms with Gasteiger partial charge in [0, 0.05) is 18.5 Å². The van der Waals surface area contributed by atoms with E-state index >= 15 is 0 Å². The van der Waals surface area contributed by atoms with Gasteiger partial charge in [-0.2, -0.15) is 5.10 Å². The predicted octanol–water partition coefficient (Wildman–Crippen LogP) is 1.33. The highest BCUT2D eigenvalue weighted by Gasteiger charge is 1.97. The molecule has 0 aliphatic carbocycles. The van der Waals surface area contributed by atoms with Crippen molar-refractivity contribution >= 4 is 11.6 Å². The molecule has 0 bridgehead atoms. The molecule has 0 fully saturated rings. The van der Waals surface area contributed by atoms with Gasteiger partial charge in [0.2, 0.25) is 0 Å². The van der Waals surface area contributed by atoms with Gasteiger partial charge in [-0.15, -0.1) is 0 Å². The van der Waals surface area contributed by atoms with E-state index in [1.807, 2.05) is 6.07 Å². The van der Waals surface area contributed by atoms with Crippen LogP contribution in [0.2, 0.25) is 5.15 Å². The maximum absolute atomic E-state index is 7.40. The molecule has 0 aliphatic rings. The molecule has 2 heterocycles. The van der Waals surface area contributed by atoms with Crippen molar-refractivity contribution in [3.8, 4) is 5.69 Å². The van der Waals surface area contributed by atoms with E-state index in [2.05, 4.69) is 10.1 Å². The van der Waals surface area contributed by atoms with Gasteiger partial charge in [-0.25, -0.2) is 4.68 Å². The van der Waals surface area contributed by atoms with Crippen LogP contribution in [0.5, 0.6) is 0 Å². The first-order valence-electron chi connectivity index (χ1n) is 3.70. The van der Waals surface area contributed by atoms with Crippen LogP contribution in [0.3, 0.4) is 0 Å². The summed E-state index contributed by atoms with van der Waals surface area (Å²) in [6.07, 6.45) is 3.47. The van der Waals surface area contributed by atoms with Crippen LogP contribution in [0.4, 0.5) is 0 Å². The fraction of sp³-hybridized carbons (Fsp3) is 0. The Hall–Kier alpha value is -1.55. The molecule has 2 N–H and O–H groups in total. The molecule has 0 amide bonds. The van der Waals surface area contributed by atoms with E-state index in [4.69, 9.17) is 17.0 Å². The summed E-state index contributed by atoms with van der Waals surface area (Å²) in [6, 6.07) is 5.18. The van der Waals surface area contributed by atoms with Crippen molar-refractivity contribution in [1.29, 1.82) is 5.41 Å². The third-order valence-corrected chi connectivity index (χ3v) is 1.79. The molecule has 0 spiro atoms. The highest BCUT2D eigenvalue weighted by Crippen LogP contribution is 2.07. The molecule has 0 aromatic carbocycles. The van der Waals surface area contributed by atoms with Crippen molar-refractivity contribution in [3.63, 3.8) is 0 Å². The highest BCUT2D eigenvalue weighted by atomic mass is 35.5. The molecule has 0 aliphatic heterocycles. The Morgan fingerprint density at radius 2 is 2.31 bits per heavy atom. The molecular weight excluding hydrogens is 188 g/mol. The van der Waals surface area contributed by atoms with E-state index in [0.717, 1.165) is 5.69 Å². The number of aromatic amines is 1. The van der Waals surface area contributed by atoms with Crippen molar-refractivity contribution in [2.75, 3.05) is 0 Å². The summed E-state index contributed by atoms with van der Waals surface area (Å²) in [5.74, 6) is 0. The maximum atomic E-state index is 7.40. The van der Waals surface area contributed by atoms with Gasteiger partial charge in [0.1, 0.15) is 10.6 Å². The Morgan fingerprint density at radius 3 is 2.92 bits per heavy atom. The minimum Gasteiger partial charge on any atom is -0.331 e. The zero-order chi connectivity index (χ0) is 9.26. The molecule has 4 nitrogen and oxygen atoms in total. The molecule has 0 radical (unpaired) electrons. The summed E-state index contributed by atoms with van der Waals surface area (Å²) in [5.41, 5.74) is 1.04. The number of hydrogen-bond donors (Lipinski definition) is 2. The molecule has 0 unspecified atom stereocenters. The minimum absolute atomic E-state index is 0.262. The molecule has 0 atom stereocenters. The van der Waals surface area contributed by atoms with E-state index in [-0.39, 0.29) is 5.49 Å². The van der Waals surface area contributed by atoms with Crippen LogP contribution < -0.4 is 5.49 Å². The van der Waals surface area contributed by atoms with Gasteiger partial charge in [0.25, 0.3) is 0 Å². The Morgan fingerprint density at radius 1 is 1.46 bits per heavy atom. The second kappa shape index (κ2) is 3.06. The summed E-state index contributed by atoms with van der Waals surface area (Å²) in [5, 5.41) is 11.9. The zero-order valence-corrected chi connectivity index (χ0v) is 7.42. The van der Waals surface area contributed by atoms with E-state index in [9.17, 15) is 0 Å². The van der Waals surface area contributed by atoms with E-state index in [1.165, 1.54) is 0 Å². The van der Waals surface area contributed by atoms with E-state index < -0.39 is 0 Å². The lowest BCUT2D eigenvalue weighted by atomic mass is 10.4. The number of rotatable bonds is 1. The summed E-state index contributed by atoms with van der Waals surface area (Å²) < 4.78 is 1.65. The molecule has 2 rings (SSSR count). The number of pyridine rings is 1. The number of nitrogens with one attached hydrogen (secondary N) is 2. The number of nitrogens with zero attached hydrogens (tertiary/aromatic N) is 2. The third kappa shape index (κ3) is 1.62. The molecular formula is C8H7ClN4. The summed E-state index contributed by atoms with van der Waals surface area (Å²) in [7, 11) is 0. The summed E-state index contributed by atoms with van der Waals surface area (Å²) in [4.78, 5) is 2.66. The van der Waals surface area contributed by atoms with Crippen LogP contribution in [0.25, 0.3) is 5.69 Å². The number of H-pyrrole nitrogens is 1. The molecule has 66 valence electrons. The Kier molecular flexibility index (Phi) is 1.90. The number of halogens is 1. The van der Waals surface area contributed by atoms with Crippen LogP contribution in [0.15, 0.2) is 30.6 Å². The second-order valence-corrected chi connectivity index (χ2v) is 2.96. The Labute approximate surface area is 79.3 Å². The lowest BCUT2D eigenvalue weighted by Gasteiger charge is -2.00. The van der Waals surface area contributed by atoms with E-state index in [0.29, 0.717) is 5.15 Å². The van der Waals surface area contributed by atoms with Gasteiger partial charge in [-0.05, 0) is 12.1 Å². The van der Waals surface area contributed by atoms with Gasteiger partial charge in [-0.3, -0.25) is 5.41 Å². The van der Waals surface area contributed by atoms with Gasteiger partial charge in [-0.1, -0.05) is 11.6 Å². The highest BCUT2D eigenvalue weighted by molar-refractivity contribution is 6.29. The van der Waals surface area contributed by atoms with Crippen molar-refractivity contribution in [3.05, 3.63) is 41.2 Å². The quantitative estimate of drug-likeness (QED) is 0.662. The van der Waals surface area contributed by atoms with Crippen LogP contribution in [-0.4, -0.2) is 14.8 Å². The van der Waals surface area contributed by atoms with Crippen molar-refractivity contribution < 1.29 is 0 Å². The van der Waals surface area contributed by atoms with Crippen molar-refractivity contribution in [2.45, 2.75) is 0 Å². The Balaban J connectivity index is 2.59. The molecule has 13 heavy (non-hydrogen) atoms. The number of aromatic nitrogens is 3. The largest absolute Gasteiger partial charge is 0.331 e. The van der Waals surface area contributed by atoms with Gasteiger partial charge < -0.3 is 4.98 Å². The van der Waals surface area contributed by atoms with Crippen LogP contribution >= 0.6 is 11.6 Å². The minimum atomic E-state index is 0.262. The Bertz CT molecular complexity index is 457. The fourth-order valence-electron chi connectivity index (χ4n) is 1.07. The predicted molar refractivity (Wildman–Crippen MR) is 48.8 cm³/mol. The molecule has 2 aromatic rings. The summed E-state index contributed by atoms with van der Waals surface area (Å²) in [6.45, 7) is 0.